The van der Waals surface area contributed by atoms with E-state index in [1.54, 1.807) is 6.26 Å². The summed E-state index contributed by atoms with van der Waals surface area (Å²) < 4.78 is 5.42. The summed E-state index contributed by atoms with van der Waals surface area (Å²) in [5.41, 5.74) is 1.02. The Balaban J connectivity index is 2.27. The van der Waals surface area contributed by atoms with Crippen molar-refractivity contribution in [2.75, 3.05) is 17.7 Å². The van der Waals surface area contributed by atoms with Gasteiger partial charge in [0.15, 0.2) is 0 Å². The first-order chi connectivity index (χ1) is 9.65. The van der Waals surface area contributed by atoms with Crippen LogP contribution < -0.4 is 10.6 Å². The van der Waals surface area contributed by atoms with Crippen LogP contribution >= 0.6 is 0 Å². The van der Waals surface area contributed by atoms with Gasteiger partial charge >= 0.3 is 0 Å². The van der Waals surface area contributed by atoms with E-state index in [1.165, 1.54) is 0 Å². The van der Waals surface area contributed by atoms with Gasteiger partial charge in [0, 0.05) is 19.0 Å². The number of anilines is 2. The van der Waals surface area contributed by atoms with Crippen molar-refractivity contribution in [1.82, 2.24) is 9.97 Å². The molecule has 1 atom stereocenters. The standard InChI is InChI=1S/C15H22N4O/c1-5-7-13-18-14(16-4)10(2)15(19-13)17-11(3)12-8-6-9-20-12/h6,8-9,11H,5,7H2,1-4H3,(H2,16,17,18,19). The topological polar surface area (TPSA) is 63.0 Å². The van der Waals surface area contributed by atoms with E-state index < -0.39 is 0 Å². The van der Waals surface area contributed by atoms with Gasteiger partial charge in [0.1, 0.15) is 23.2 Å². The molecule has 0 bridgehead atoms. The first-order valence-electron chi connectivity index (χ1n) is 7.00. The Morgan fingerprint density at radius 1 is 1.30 bits per heavy atom. The van der Waals surface area contributed by atoms with Crippen molar-refractivity contribution in [1.29, 1.82) is 0 Å². The second-order valence-corrected chi connectivity index (χ2v) is 4.84. The third-order valence-corrected chi connectivity index (χ3v) is 3.23. The molecular weight excluding hydrogens is 252 g/mol. The van der Waals surface area contributed by atoms with Crippen molar-refractivity contribution in [3.8, 4) is 0 Å². The van der Waals surface area contributed by atoms with Gasteiger partial charge in [-0.1, -0.05) is 6.92 Å². The third-order valence-electron chi connectivity index (χ3n) is 3.23. The summed E-state index contributed by atoms with van der Waals surface area (Å²) in [6.07, 6.45) is 3.58. The van der Waals surface area contributed by atoms with Crippen LogP contribution in [-0.4, -0.2) is 17.0 Å². The van der Waals surface area contributed by atoms with Crippen molar-refractivity contribution in [2.24, 2.45) is 0 Å². The number of hydrogen-bond acceptors (Lipinski definition) is 5. The number of aryl methyl sites for hydroxylation is 1. The molecule has 2 heterocycles. The van der Waals surface area contributed by atoms with Crippen molar-refractivity contribution in [3.63, 3.8) is 0 Å². The number of nitrogens with zero attached hydrogens (tertiary/aromatic N) is 2. The molecule has 0 saturated carbocycles. The van der Waals surface area contributed by atoms with E-state index in [9.17, 15) is 0 Å². The monoisotopic (exact) mass is 274 g/mol. The zero-order chi connectivity index (χ0) is 14.5. The zero-order valence-corrected chi connectivity index (χ0v) is 12.5. The number of aromatic nitrogens is 2. The molecule has 0 fully saturated rings. The Bertz CT molecular complexity index is 551. The molecule has 20 heavy (non-hydrogen) atoms. The number of furan rings is 1. The highest BCUT2D eigenvalue weighted by Crippen LogP contribution is 2.24. The second-order valence-electron chi connectivity index (χ2n) is 4.84. The van der Waals surface area contributed by atoms with Gasteiger partial charge in [-0.05, 0) is 32.4 Å². The van der Waals surface area contributed by atoms with Crippen LogP contribution in [0.2, 0.25) is 0 Å². The highest BCUT2D eigenvalue weighted by atomic mass is 16.3. The first-order valence-corrected chi connectivity index (χ1v) is 7.00. The highest BCUT2D eigenvalue weighted by Gasteiger charge is 2.14. The molecule has 2 rings (SSSR count). The Morgan fingerprint density at radius 3 is 2.65 bits per heavy atom. The van der Waals surface area contributed by atoms with Gasteiger partial charge in [-0.15, -0.1) is 0 Å². The van der Waals surface area contributed by atoms with Gasteiger partial charge in [0.2, 0.25) is 0 Å². The number of nitrogens with one attached hydrogen (secondary N) is 2. The van der Waals surface area contributed by atoms with Gasteiger partial charge in [-0.3, -0.25) is 0 Å². The highest BCUT2D eigenvalue weighted by molar-refractivity contribution is 5.57. The largest absolute Gasteiger partial charge is 0.467 e. The molecule has 2 aromatic heterocycles. The predicted molar refractivity (Wildman–Crippen MR) is 81.1 cm³/mol. The molecule has 0 spiro atoms. The number of hydrogen-bond donors (Lipinski definition) is 2. The first kappa shape index (κ1) is 14.4. The maximum absolute atomic E-state index is 5.42. The smallest absolute Gasteiger partial charge is 0.135 e. The van der Waals surface area contributed by atoms with E-state index >= 15 is 0 Å². The molecule has 2 aromatic rings. The lowest BCUT2D eigenvalue weighted by atomic mass is 10.2. The molecule has 0 aliphatic heterocycles. The van der Waals surface area contributed by atoms with Crippen LogP contribution in [-0.2, 0) is 6.42 Å². The van der Waals surface area contributed by atoms with E-state index in [-0.39, 0.29) is 6.04 Å². The Kier molecular flexibility index (Phi) is 4.61. The van der Waals surface area contributed by atoms with E-state index in [4.69, 9.17) is 4.42 Å². The average molecular weight is 274 g/mol. The molecule has 1 unspecified atom stereocenters. The van der Waals surface area contributed by atoms with Crippen molar-refractivity contribution < 1.29 is 4.42 Å². The molecule has 0 saturated heterocycles. The molecule has 5 heteroatoms. The molecule has 2 N–H and O–H groups in total. The van der Waals surface area contributed by atoms with Crippen LogP contribution in [0.4, 0.5) is 11.6 Å². The molecule has 0 aliphatic rings. The van der Waals surface area contributed by atoms with Crippen molar-refractivity contribution in [2.45, 2.75) is 39.7 Å². The van der Waals surface area contributed by atoms with Crippen LogP contribution in [0.5, 0.6) is 0 Å². The molecule has 0 aromatic carbocycles. The molecular formula is C15H22N4O. The van der Waals surface area contributed by atoms with Crippen LogP contribution in [0.3, 0.4) is 0 Å². The fraction of sp³-hybridized carbons (Fsp3) is 0.467. The lowest BCUT2D eigenvalue weighted by molar-refractivity contribution is 0.490. The normalized spacial score (nSPS) is 12.2. The fourth-order valence-corrected chi connectivity index (χ4v) is 2.10. The minimum absolute atomic E-state index is 0.0674. The van der Waals surface area contributed by atoms with Gasteiger partial charge in [-0.2, -0.15) is 0 Å². The quantitative estimate of drug-likeness (QED) is 0.843. The van der Waals surface area contributed by atoms with Gasteiger partial charge in [0.05, 0.1) is 12.3 Å². The zero-order valence-electron chi connectivity index (χ0n) is 12.5. The summed E-state index contributed by atoms with van der Waals surface area (Å²) in [6, 6.07) is 3.92. The fourth-order valence-electron chi connectivity index (χ4n) is 2.10. The molecule has 5 nitrogen and oxygen atoms in total. The summed E-state index contributed by atoms with van der Waals surface area (Å²) in [4.78, 5) is 9.14. The SMILES string of the molecule is CCCc1nc(NC)c(C)c(NC(C)c2ccco2)n1. The lowest BCUT2D eigenvalue weighted by Gasteiger charge is -2.17. The van der Waals surface area contributed by atoms with E-state index in [1.807, 2.05) is 26.1 Å². The number of rotatable bonds is 6. The average Bonchev–Trinajstić information content (AvgIpc) is 2.96. The lowest BCUT2D eigenvalue weighted by Crippen LogP contribution is -2.12. The molecule has 0 radical (unpaired) electrons. The summed E-state index contributed by atoms with van der Waals surface area (Å²) in [5, 5.41) is 6.53. The van der Waals surface area contributed by atoms with E-state index in [2.05, 4.69) is 34.4 Å². The Labute approximate surface area is 119 Å². The minimum atomic E-state index is 0.0674. The van der Waals surface area contributed by atoms with E-state index in [0.29, 0.717) is 0 Å². The van der Waals surface area contributed by atoms with Crippen LogP contribution in [0.25, 0.3) is 0 Å². The summed E-state index contributed by atoms with van der Waals surface area (Å²) in [7, 11) is 1.88. The van der Waals surface area contributed by atoms with Crippen molar-refractivity contribution >= 4 is 11.6 Å². The summed E-state index contributed by atoms with van der Waals surface area (Å²) in [6.45, 7) is 6.19. The van der Waals surface area contributed by atoms with Crippen LogP contribution in [0.1, 0.15) is 43.5 Å². The van der Waals surface area contributed by atoms with Crippen molar-refractivity contribution in [3.05, 3.63) is 35.5 Å². The molecule has 108 valence electrons. The van der Waals surface area contributed by atoms with Crippen LogP contribution in [0.15, 0.2) is 22.8 Å². The van der Waals surface area contributed by atoms with Crippen LogP contribution in [0, 0.1) is 6.92 Å². The molecule has 0 amide bonds. The van der Waals surface area contributed by atoms with Gasteiger partial charge < -0.3 is 15.1 Å². The second kappa shape index (κ2) is 6.41. The minimum Gasteiger partial charge on any atom is -0.467 e. The molecule has 0 aliphatic carbocycles. The summed E-state index contributed by atoms with van der Waals surface area (Å²) in [5.74, 6) is 3.48. The summed E-state index contributed by atoms with van der Waals surface area (Å²) >= 11 is 0. The maximum atomic E-state index is 5.42. The third kappa shape index (κ3) is 3.10. The van der Waals surface area contributed by atoms with E-state index in [0.717, 1.165) is 41.6 Å². The van der Waals surface area contributed by atoms with Gasteiger partial charge in [-0.25, -0.2) is 9.97 Å². The maximum Gasteiger partial charge on any atom is 0.135 e. The Hall–Kier alpha value is -2.04. The van der Waals surface area contributed by atoms with Gasteiger partial charge in [0.25, 0.3) is 0 Å². The predicted octanol–water partition coefficient (Wildman–Crippen LogP) is 3.55. The Morgan fingerprint density at radius 2 is 2.05 bits per heavy atom.